The number of amides is 1. The summed E-state index contributed by atoms with van der Waals surface area (Å²) in [6, 6.07) is 25.2. The lowest BCUT2D eigenvalue weighted by Gasteiger charge is -2.34. The van der Waals surface area contributed by atoms with E-state index in [4.69, 9.17) is 21.1 Å². The molecule has 7 nitrogen and oxygen atoms in total. The van der Waals surface area contributed by atoms with Crippen molar-refractivity contribution in [2.24, 2.45) is 0 Å². The zero-order valence-electron chi connectivity index (χ0n) is 23.4. The Morgan fingerprint density at radius 1 is 0.854 bits per heavy atom. The highest BCUT2D eigenvalue weighted by molar-refractivity contribution is 6.30. The van der Waals surface area contributed by atoms with Gasteiger partial charge in [-0.15, -0.1) is 0 Å². The molecule has 0 aliphatic carbocycles. The third-order valence-corrected chi connectivity index (χ3v) is 8.67. The number of nitrogens with zero attached hydrogens (tertiary/aromatic N) is 2. The number of rotatable bonds is 10. The molecule has 0 bridgehead atoms. The lowest BCUT2D eigenvalue weighted by atomic mass is 10.0. The first-order valence-corrected chi connectivity index (χ1v) is 15.1. The summed E-state index contributed by atoms with van der Waals surface area (Å²) >= 11 is 6.28. The molecule has 3 heterocycles. The number of ether oxygens (including phenoxy) is 2. The van der Waals surface area contributed by atoms with Crippen LogP contribution >= 0.6 is 11.6 Å². The number of fused-ring (bicyclic) bond motifs is 1. The fraction of sp³-hybridized carbons (Fsp3) is 0.424. The molecule has 2 fully saturated rings. The van der Waals surface area contributed by atoms with E-state index in [1.807, 2.05) is 36.4 Å². The zero-order valence-corrected chi connectivity index (χ0v) is 24.2. The molecule has 0 unspecified atom stereocenters. The first-order valence-electron chi connectivity index (χ1n) is 14.8. The molecule has 6 rings (SSSR count). The Morgan fingerprint density at radius 2 is 1.66 bits per heavy atom. The van der Waals surface area contributed by atoms with Crippen LogP contribution in [0.25, 0.3) is 0 Å². The van der Waals surface area contributed by atoms with Crippen molar-refractivity contribution in [3.8, 4) is 11.5 Å². The number of likely N-dealkylation sites (tertiary alicyclic amines) is 2. The van der Waals surface area contributed by atoms with Crippen LogP contribution in [0.1, 0.15) is 36.0 Å². The maximum atomic E-state index is 13.5. The van der Waals surface area contributed by atoms with E-state index in [1.165, 1.54) is 5.56 Å². The number of hydrogen-bond donors (Lipinski definition) is 2. The number of carbonyl (C=O) groups excluding carboxylic acids is 1. The van der Waals surface area contributed by atoms with Crippen LogP contribution in [0.5, 0.6) is 11.5 Å². The average Bonchev–Trinajstić information content (AvgIpc) is 3.61. The predicted molar refractivity (Wildman–Crippen MR) is 161 cm³/mol. The number of nitrogens with one attached hydrogen (secondary N) is 2. The van der Waals surface area contributed by atoms with Gasteiger partial charge in [-0.1, -0.05) is 60.1 Å². The smallest absolute Gasteiger partial charge is 0.237 e. The van der Waals surface area contributed by atoms with Gasteiger partial charge in [0.25, 0.3) is 0 Å². The fourth-order valence-electron chi connectivity index (χ4n) is 6.32. The number of benzene rings is 3. The highest BCUT2D eigenvalue weighted by Gasteiger charge is 2.37. The third kappa shape index (κ3) is 7.41. The van der Waals surface area contributed by atoms with Gasteiger partial charge in [-0.25, -0.2) is 0 Å². The van der Waals surface area contributed by atoms with Gasteiger partial charge in [0.1, 0.15) is 0 Å². The zero-order chi connectivity index (χ0) is 28.0. The molecule has 0 aromatic heterocycles. The van der Waals surface area contributed by atoms with E-state index >= 15 is 0 Å². The third-order valence-electron chi connectivity index (χ3n) is 8.44. The van der Waals surface area contributed by atoms with E-state index in [-0.39, 0.29) is 24.8 Å². The Bertz CT molecular complexity index is 1310. The normalized spacial score (nSPS) is 21.3. The van der Waals surface area contributed by atoms with Crippen molar-refractivity contribution in [2.75, 3.05) is 33.0 Å². The second kappa shape index (κ2) is 13.3. The van der Waals surface area contributed by atoms with E-state index < -0.39 is 0 Å². The average molecular weight is 575 g/mol. The molecule has 3 aliphatic rings. The molecular weight excluding hydrogens is 536 g/mol. The summed E-state index contributed by atoms with van der Waals surface area (Å²) < 4.78 is 10.9. The molecule has 8 heteroatoms. The molecule has 41 heavy (non-hydrogen) atoms. The van der Waals surface area contributed by atoms with Gasteiger partial charge < -0.3 is 20.1 Å². The fourth-order valence-corrected chi connectivity index (χ4v) is 6.53. The van der Waals surface area contributed by atoms with Gasteiger partial charge in [0.05, 0.1) is 6.04 Å². The van der Waals surface area contributed by atoms with Crippen LogP contribution in [0.15, 0.2) is 72.8 Å². The van der Waals surface area contributed by atoms with Crippen molar-refractivity contribution in [2.45, 2.75) is 56.9 Å². The maximum Gasteiger partial charge on any atom is 0.237 e. The Labute approximate surface area is 247 Å². The van der Waals surface area contributed by atoms with Crippen LogP contribution in [0, 0.1) is 0 Å². The van der Waals surface area contributed by atoms with E-state index in [9.17, 15) is 4.79 Å². The van der Waals surface area contributed by atoms with Crippen LogP contribution in [-0.4, -0.2) is 66.8 Å². The SMILES string of the molecule is O=C(NCCc1ccc2c(c1)OCO2)[C@@H]1C[C@H](NC2CCN(Cc3ccccc3)CC2)CN1Cc1cccc(Cl)c1. The van der Waals surface area contributed by atoms with Gasteiger partial charge in [-0.05, 0) is 79.7 Å². The minimum atomic E-state index is -0.179. The highest BCUT2D eigenvalue weighted by atomic mass is 35.5. The monoisotopic (exact) mass is 574 g/mol. The van der Waals surface area contributed by atoms with Gasteiger partial charge in [-0.2, -0.15) is 0 Å². The van der Waals surface area contributed by atoms with Crippen LogP contribution in [0.4, 0.5) is 0 Å². The summed E-state index contributed by atoms with van der Waals surface area (Å²) in [5, 5.41) is 7.85. The quantitative estimate of drug-likeness (QED) is 0.368. The lowest BCUT2D eigenvalue weighted by molar-refractivity contribution is -0.125. The summed E-state index contributed by atoms with van der Waals surface area (Å²) in [5.41, 5.74) is 3.62. The molecule has 0 radical (unpaired) electrons. The second-order valence-electron chi connectivity index (χ2n) is 11.4. The molecule has 216 valence electrons. The molecule has 1 amide bonds. The first kappa shape index (κ1) is 28.0. The van der Waals surface area contributed by atoms with Crippen molar-refractivity contribution < 1.29 is 14.3 Å². The topological polar surface area (TPSA) is 66.1 Å². The Balaban J connectivity index is 1.03. The van der Waals surface area contributed by atoms with Crippen molar-refractivity contribution >= 4 is 17.5 Å². The molecule has 3 aromatic rings. The van der Waals surface area contributed by atoms with Crippen molar-refractivity contribution in [1.82, 2.24) is 20.4 Å². The Hall–Kier alpha value is -3.10. The molecular formula is C33H39ClN4O3. The molecule has 3 aromatic carbocycles. The number of piperidine rings is 1. The molecule has 2 N–H and O–H groups in total. The Morgan fingerprint density at radius 3 is 2.49 bits per heavy atom. The molecule has 2 saturated heterocycles. The summed E-state index contributed by atoms with van der Waals surface area (Å²) in [6.07, 6.45) is 3.81. The number of hydrogen-bond acceptors (Lipinski definition) is 6. The second-order valence-corrected chi connectivity index (χ2v) is 11.9. The van der Waals surface area contributed by atoms with E-state index in [0.29, 0.717) is 19.1 Å². The van der Waals surface area contributed by atoms with Gasteiger partial charge in [-0.3, -0.25) is 14.6 Å². The van der Waals surface area contributed by atoms with Crippen LogP contribution < -0.4 is 20.1 Å². The summed E-state index contributed by atoms with van der Waals surface area (Å²) in [7, 11) is 0. The van der Waals surface area contributed by atoms with Gasteiger partial charge in [0.2, 0.25) is 12.7 Å². The minimum absolute atomic E-state index is 0.0924. The van der Waals surface area contributed by atoms with Crippen molar-refractivity contribution in [3.05, 3.63) is 94.5 Å². The first-order chi connectivity index (χ1) is 20.1. The van der Waals surface area contributed by atoms with Crippen LogP contribution in [-0.2, 0) is 24.3 Å². The number of carbonyl (C=O) groups is 1. The lowest BCUT2D eigenvalue weighted by Crippen LogP contribution is -2.46. The van der Waals surface area contributed by atoms with E-state index in [1.54, 1.807) is 0 Å². The summed E-state index contributed by atoms with van der Waals surface area (Å²) in [6.45, 7) is 5.59. The molecule has 3 aliphatic heterocycles. The maximum absolute atomic E-state index is 13.5. The molecule has 2 atom stereocenters. The van der Waals surface area contributed by atoms with Crippen molar-refractivity contribution in [3.63, 3.8) is 0 Å². The van der Waals surface area contributed by atoms with E-state index in [0.717, 1.165) is 79.5 Å². The molecule has 0 spiro atoms. The van der Waals surface area contributed by atoms with Gasteiger partial charge in [0, 0.05) is 43.3 Å². The standard InChI is InChI=1S/C33H39ClN4O3/c34-27-8-4-7-26(17-27)21-38-22-29(36-28-12-15-37(16-13-28)20-25-5-2-1-3-6-25)19-30(38)33(39)35-14-11-24-9-10-31-32(18-24)41-23-40-31/h1-10,17-18,28-30,36H,11-16,19-23H2,(H,35,39)/t29-,30-/m0/s1. The Kier molecular flexibility index (Phi) is 9.06. The largest absolute Gasteiger partial charge is 0.454 e. The summed E-state index contributed by atoms with van der Waals surface area (Å²) in [5.74, 6) is 1.65. The highest BCUT2D eigenvalue weighted by Crippen LogP contribution is 2.32. The van der Waals surface area contributed by atoms with Crippen LogP contribution in [0.3, 0.4) is 0 Å². The molecule has 0 saturated carbocycles. The summed E-state index contributed by atoms with van der Waals surface area (Å²) in [4.78, 5) is 18.3. The van der Waals surface area contributed by atoms with E-state index in [2.05, 4.69) is 56.8 Å². The predicted octanol–water partition coefficient (Wildman–Crippen LogP) is 4.62. The van der Waals surface area contributed by atoms with Crippen molar-refractivity contribution in [1.29, 1.82) is 0 Å². The number of halogens is 1. The van der Waals surface area contributed by atoms with Gasteiger partial charge >= 0.3 is 0 Å². The van der Waals surface area contributed by atoms with Crippen LogP contribution in [0.2, 0.25) is 5.02 Å². The minimum Gasteiger partial charge on any atom is -0.454 e. The van der Waals surface area contributed by atoms with Gasteiger partial charge in [0.15, 0.2) is 11.5 Å².